The maximum atomic E-state index is 13.4. The van der Waals surface area contributed by atoms with Crippen LogP contribution in [0.3, 0.4) is 0 Å². The molecule has 0 aromatic carbocycles. The Morgan fingerprint density at radius 2 is 1.19 bits per heavy atom. The smallest absolute Gasteiger partial charge is 0.269 e. The van der Waals surface area contributed by atoms with Crippen LogP contribution in [0.25, 0.3) is 0 Å². The molecule has 7 heteroatoms. The molecular weight excluding hydrogens is 406 g/mol. The van der Waals surface area contributed by atoms with E-state index in [4.69, 9.17) is 0 Å². The van der Waals surface area contributed by atoms with Gasteiger partial charge in [0.15, 0.2) is 0 Å². The summed E-state index contributed by atoms with van der Waals surface area (Å²) in [5.74, 6) is -2.54. The van der Waals surface area contributed by atoms with E-state index in [9.17, 15) is 19.2 Å². The summed E-state index contributed by atoms with van der Waals surface area (Å²) in [5, 5.41) is 3.12. The third-order valence-electron chi connectivity index (χ3n) is 7.23. The highest BCUT2D eigenvalue weighted by molar-refractivity contribution is 6.21. The molecule has 3 heterocycles. The molecule has 0 bridgehead atoms. The number of carbonyl (C=O) groups excluding carboxylic acids is 4. The van der Waals surface area contributed by atoms with Crippen LogP contribution in [0, 0.1) is 11.8 Å². The zero-order valence-electron chi connectivity index (χ0n) is 17.6. The largest absolute Gasteiger partial charge is 0.272 e. The van der Waals surface area contributed by atoms with E-state index in [1.165, 1.54) is 9.91 Å². The molecule has 7 nitrogen and oxygen atoms in total. The number of allylic oxidation sites excluding steroid dienone is 8. The Morgan fingerprint density at radius 1 is 0.656 bits per heavy atom. The second-order valence-electron chi connectivity index (χ2n) is 8.95. The Balaban J connectivity index is 1.46. The first kappa shape index (κ1) is 19.4. The number of amides is 4. The third kappa shape index (κ3) is 2.57. The van der Waals surface area contributed by atoms with Crippen molar-refractivity contribution < 1.29 is 19.2 Å². The third-order valence-corrected chi connectivity index (χ3v) is 7.23. The first-order valence-corrected chi connectivity index (χ1v) is 11.3. The van der Waals surface area contributed by atoms with E-state index in [-0.39, 0.29) is 23.6 Å². The van der Waals surface area contributed by atoms with Crippen LogP contribution in [0.4, 0.5) is 0 Å². The molecule has 32 heavy (non-hydrogen) atoms. The van der Waals surface area contributed by atoms with Crippen LogP contribution >= 0.6 is 0 Å². The SMILES string of the molecule is O=C1C2=CC=C3C(=O)N(N4CCCCC4)C(=O)C4=CC=C(C(=O)N1C1=CC=CCC1)C2C34. The van der Waals surface area contributed by atoms with Gasteiger partial charge in [0.05, 0.1) is 0 Å². The summed E-state index contributed by atoms with van der Waals surface area (Å²) in [6.45, 7) is 1.34. The Kier molecular flexibility index (Phi) is 4.30. The van der Waals surface area contributed by atoms with Crippen molar-refractivity contribution in [2.24, 2.45) is 11.8 Å². The zero-order valence-corrected chi connectivity index (χ0v) is 17.6. The van der Waals surface area contributed by atoms with E-state index in [2.05, 4.69) is 0 Å². The lowest BCUT2D eigenvalue weighted by molar-refractivity contribution is -0.164. The minimum Gasteiger partial charge on any atom is -0.269 e. The van der Waals surface area contributed by atoms with E-state index < -0.39 is 11.8 Å². The van der Waals surface area contributed by atoms with Crippen LogP contribution in [0.1, 0.15) is 32.1 Å². The summed E-state index contributed by atoms with van der Waals surface area (Å²) in [5.41, 5.74) is 2.58. The standard InChI is InChI=1S/C25H23N3O4/c29-22-16-9-11-18-21-19(25(32)28(24(18)31)26-13-5-2-6-14-26)12-10-17(20(16)21)23(30)27(22)15-7-3-1-4-8-15/h1,3,7,9-12,20-21H,2,4-6,8,13-14H2. The van der Waals surface area contributed by atoms with Crippen LogP contribution in [0.2, 0.25) is 0 Å². The van der Waals surface area contributed by atoms with Gasteiger partial charge in [0.2, 0.25) is 0 Å². The van der Waals surface area contributed by atoms with Crippen molar-refractivity contribution in [2.45, 2.75) is 32.1 Å². The zero-order chi connectivity index (χ0) is 22.0. The average Bonchev–Trinajstić information content (AvgIpc) is 2.83. The van der Waals surface area contributed by atoms with Crippen LogP contribution in [-0.4, -0.2) is 51.6 Å². The normalized spacial score (nSPS) is 29.8. The van der Waals surface area contributed by atoms with Gasteiger partial charge in [-0.05, 0) is 31.8 Å². The number of imide groups is 2. The maximum absolute atomic E-state index is 13.4. The first-order valence-electron chi connectivity index (χ1n) is 11.3. The van der Waals surface area contributed by atoms with Crippen molar-refractivity contribution >= 4 is 23.6 Å². The maximum Gasteiger partial charge on any atom is 0.272 e. The van der Waals surface area contributed by atoms with Gasteiger partial charge < -0.3 is 0 Å². The highest BCUT2D eigenvalue weighted by Crippen LogP contribution is 2.50. The molecule has 6 aliphatic rings. The summed E-state index contributed by atoms with van der Waals surface area (Å²) in [6.07, 6.45) is 16.8. The number of hydrazine groups is 1. The molecule has 3 fully saturated rings. The van der Waals surface area contributed by atoms with Gasteiger partial charge >= 0.3 is 0 Å². The van der Waals surface area contributed by atoms with Crippen molar-refractivity contribution in [3.05, 3.63) is 70.5 Å². The van der Waals surface area contributed by atoms with E-state index >= 15 is 0 Å². The van der Waals surface area contributed by atoms with E-state index in [0.717, 1.165) is 25.7 Å². The summed E-state index contributed by atoms with van der Waals surface area (Å²) in [6, 6.07) is 0. The Hall–Kier alpha value is -3.32. The summed E-state index contributed by atoms with van der Waals surface area (Å²) in [4.78, 5) is 54.9. The molecule has 3 saturated heterocycles. The summed E-state index contributed by atoms with van der Waals surface area (Å²) >= 11 is 0. The lowest BCUT2D eigenvalue weighted by Gasteiger charge is -2.48. The lowest BCUT2D eigenvalue weighted by atomic mass is 9.64. The number of hydrogen-bond acceptors (Lipinski definition) is 5. The second-order valence-corrected chi connectivity index (χ2v) is 8.95. The Bertz CT molecular complexity index is 1100. The minimum atomic E-state index is -0.581. The van der Waals surface area contributed by atoms with Gasteiger partial charge in [-0.15, -0.1) is 0 Å². The molecular formula is C25H23N3O4. The number of hydrogen-bond donors (Lipinski definition) is 0. The fourth-order valence-electron chi connectivity index (χ4n) is 5.70. The molecule has 0 N–H and O–H groups in total. The molecule has 0 aromatic heterocycles. The fraction of sp³-hybridized carbons (Fsp3) is 0.360. The minimum absolute atomic E-state index is 0.335. The molecule has 0 aromatic rings. The molecule has 0 spiro atoms. The Labute approximate surface area is 185 Å². The van der Waals surface area contributed by atoms with Gasteiger partial charge in [0.1, 0.15) is 0 Å². The van der Waals surface area contributed by atoms with Crippen LogP contribution < -0.4 is 0 Å². The first-order chi connectivity index (χ1) is 15.6. The molecule has 162 valence electrons. The molecule has 4 amide bonds. The van der Waals surface area contributed by atoms with Crippen molar-refractivity contribution in [1.29, 1.82) is 0 Å². The summed E-state index contributed by atoms with van der Waals surface area (Å²) < 4.78 is 0. The number of rotatable bonds is 2. The average molecular weight is 429 g/mol. The van der Waals surface area contributed by atoms with E-state index in [1.807, 2.05) is 17.2 Å². The topological polar surface area (TPSA) is 78.0 Å². The van der Waals surface area contributed by atoms with Crippen molar-refractivity contribution in [1.82, 2.24) is 14.9 Å². The number of nitrogens with zero attached hydrogens (tertiary/aromatic N) is 3. The highest BCUT2D eigenvalue weighted by atomic mass is 16.2. The van der Waals surface area contributed by atoms with Gasteiger partial charge in [-0.1, -0.05) is 42.9 Å². The number of carbonyl (C=O) groups is 4. The molecule has 0 unspecified atom stereocenters. The predicted octanol–water partition coefficient (Wildman–Crippen LogP) is 2.32. The number of likely N-dealkylation sites (tertiary alicyclic amines) is 1. The van der Waals surface area contributed by atoms with Gasteiger partial charge in [-0.3, -0.25) is 19.2 Å². The van der Waals surface area contributed by atoms with Gasteiger partial charge in [-0.2, -0.15) is 0 Å². The van der Waals surface area contributed by atoms with Gasteiger partial charge in [0, 0.05) is 52.9 Å². The van der Waals surface area contributed by atoms with E-state index in [1.54, 1.807) is 30.4 Å². The molecule has 3 aliphatic heterocycles. The van der Waals surface area contributed by atoms with Crippen molar-refractivity contribution in [3.8, 4) is 0 Å². The quantitative estimate of drug-likeness (QED) is 0.630. The van der Waals surface area contributed by atoms with Gasteiger partial charge in [-0.25, -0.2) is 14.9 Å². The molecule has 0 saturated carbocycles. The lowest BCUT2D eigenvalue weighted by Crippen LogP contribution is -2.59. The van der Waals surface area contributed by atoms with E-state index in [0.29, 0.717) is 47.5 Å². The van der Waals surface area contributed by atoms with Gasteiger partial charge in [0.25, 0.3) is 23.6 Å². The van der Waals surface area contributed by atoms with Crippen LogP contribution in [0.5, 0.6) is 0 Å². The van der Waals surface area contributed by atoms with Crippen LogP contribution in [0.15, 0.2) is 70.5 Å². The highest BCUT2D eigenvalue weighted by Gasteiger charge is 2.55. The predicted molar refractivity (Wildman–Crippen MR) is 115 cm³/mol. The molecule has 3 aliphatic carbocycles. The molecule has 0 atom stereocenters. The van der Waals surface area contributed by atoms with Crippen molar-refractivity contribution in [3.63, 3.8) is 0 Å². The van der Waals surface area contributed by atoms with Crippen molar-refractivity contribution in [2.75, 3.05) is 13.1 Å². The molecule has 6 rings (SSSR count). The summed E-state index contributed by atoms with van der Waals surface area (Å²) in [7, 11) is 0. The molecule has 0 radical (unpaired) electrons. The Morgan fingerprint density at radius 3 is 1.69 bits per heavy atom. The monoisotopic (exact) mass is 429 g/mol. The second kappa shape index (κ2) is 7.10. The van der Waals surface area contributed by atoms with Crippen LogP contribution in [-0.2, 0) is 19.2 Å². The fourth-order valence-corrected chi connectivity index (χ4v) is 5.70. The number of piperidine rings is 3.